The van der Waals surface area contributed by atoms with Crippen LogP contribution in [0.1, 0.15) is 50.5 Å². The third kappa shape index (κ3) is 2.81. The number of benzene rings is 1. The summed E-state index contributed by atoms with van der Waals surface area (Å²) in [6.07, 6.45) is 7.68. The Balaban J connectivity index is 1.72. The average Bonchev–Trinajstić information content (AvgIpc) is 3.14. The highest BCUT2D eigenvalue weighted by Gasteiger charge is 2.72. The quantitative estimate of drug-likeness (QED) is 0.637. The van der Waals surface area contributed by atoms with Crippen LogP contribution >= 0.6 is 23.2 Å². The minimum atomic E-state index is -1.22. The van der Waals surface area contributed by atoms with Crippen LogP contribution in [0.2, 0.25) is 0 Å². The van der Waals surface area contributed by atoms with E-state index in [1.807, 2.05) is 12.1 Å². The van der Waals surface area contributed by atoms with Gasteiger partial charge in [0.1, 0.15) is 15.5 Å². The van der Waals surface area contributed by atoms with Gasteiger partial charge in [-0.3, -0.25) is 4.79 Å². The van der Waals surface area contributed by atoms with Crippen LogP contribution in [-0.2, 0) is 10.2 Å². The summed E-state index contributed by atoms with van der Waals surface area (Å²) in [6, 6.07) is 7.19. The first-order chi connectivity index (χ1) is 10.5. The number of alkyl halides is 2. The number of hydrogen-bond donors (Lipinski definition) is 1. The Labute approximate surface area is 140 Å². The molecule has 22 heavy (non-hydrogen) atoms. The predicted octanol–water partition coefficient (Wildman–Crippen LogP) is 4.69. The van der Waals surface area contributed by atoms with Crippen molar-refractivity contribution in [2.24, 2.45) is 0 Å². The maximum absolute atomic E-state index is 11.5. The van der Waals surface area contributed by atoms with E-state index in [9.17, 15) is 9.90 Å². The van der Waals surface area contributed by atoms with Crippen LogP contribution in [0.25, 0.3) is 0 Å². The van der Waals surface area contributed by atoms with E-state index < -0.39 is 15.7 Å². The van der Waals surface area contributed by atoms with Gasteiger partial charge in [-0.2, -0.15) is 0 Å². The summed E-state index contributed by atoms with van der Waals surface area (Å²) in [5, 5.41) is 9.45. The van der Waals surface area contributed by atoms with Crippen molar-refractivity contribution in [1.29, 1.82) is 0 Å². The van der Waals surface area contributed by atoms with Crippen LogP contribution in [-0.4, -0.2) is 21.5 Å². The van der Waals surface area contributed by atoms with E-state index in [1.165, 1.54) is 25.7 Å². The number of carboxylic acid groups (broad SMARTS) is 1. The van der Waals surface area contributed by atoms with Crippen molar-refractivity contribution in [3.05, 3.63) is 29.8 Å². The smallest absolute Gasteiger partial charge is 0.317 e. The lowest BCUT2D eigenvalue weighted by Crippen LogP contribution is -2.26. The Morgan fingerprint density at radius 3 is 2.09 bits per heavy atom. The second-order valence-electron chi connectivity index (χ2n) is 6.35. The highest BCUT2D eigenvalue weighted by molar-refractivity contribution is 6.54. The van der Waals surface area contributed by atoms with E-state index in [0.717, 1.165) is 18.6 Å². The summed E-state index contributed by atoms with van der Waals surface area (Å²) < 4.78 is 4.80. The molecule has 0 aliphatic heterocycles. The van der Waals surface area contributed by atoms with E-state index in [4.69, 9.17) is 27.9 Å². The van der Waals surface area contributed by atoms with Gasteiger partial charge in [0.15, 0.2) is 0 Å². The molecule has 1 atom stereocenters. The first kappa shape index (κ1) is 15.9. The van der Waals surface area contributed by atoms with Crippen LogP contribution in [0.4, 0.5) is 0 Å². The zero-order chi connectivity index (χ0) is 15.8. The summed E-state index contributed by atoms with van der Waals surface area (Å²) in [6.45, 7) is 0. The van der Waals surface area contributed by atoms with Gasteiger partial charge in [-0.25, -0.2) is 0 Å². The van der Waals surface area contributed by atoms with E-state index in [2.05, 4.69) is 0 Å². The Morgan fingerprint density at radius 1 is 1.09 bits per heavy atom. The van der Waals surface area contributed by atoms with E-state index in [1.54, 1.807) is 12.1 Å². The molecule has 0 bridgehead atoms. The van der Waals surface area contributed by atoms with Gasteiger partial charge in [-0.05, 0) is 43.4 Å². The zero-order valence-corrected chi connectivity index (χ0v) is 13.9. The van der Waals surface area contributed by atoms with Crippen LogP contribution < -0.4 is 4.74 Å². The summed E-state index contributed by atoms with van der Waals surface area (Å²) in [5.74, 6) is -0.193. The molecule has 1 aromatic rings. The number of hydrogen-bond acceptors (Lipinski definition) is 2. The van der Waals surface area contributed by atoms with Crippen LogP contribution in [0, 0.1) is 0 Å². The minimum absolute atomic E-state index is 0.237. The van der Waals surface area contributed by atoms with Crippen molar-refractivity contribution in [2.45, 2.75) is 60.8 Å². The molecule has 0 heterocycles. The average molecular weight is 343 g/mol. The van der Waals surface area contributed by atoms with E-state index in [0.29, 0.717) is 5.56 Å². The number of rotatable bonds is 4. The van der Waals surface area contributed by atoms with Crippen LogP contribution in [0.15, 0.2) is 24.3 Å². The fraction of sp³-hybridized carbons (Fsp3) is 0.588. The van der Waals surface area contributed by atoms with Gasteiger partial charge < -0.3 is 9.84 Å². The lowest BCUT2D eigenvalue weighted by Gasteiger charge is -2.18. The van der Waals surface area contributed by atoms with E-state index >= 15 is 0 Å². The van der Waals surface area contributed by atoms with Gasteiger partial charge in [0, 0.05) is 6.42 Å². The molecule has 0 spiro atoms. The van der Waals surface area contributed by atoms with Gasteiger partial charge in [0.2, 0.25) is 0 Å². The minimum Gasteiger partial charge on any atom is -0.490 e. The summed E-state index contributed by atoms with van der Waals surface area (Å²) >= 11 is 12.1. The summed E-state index contributed by atoms with van der Waals surface area (Å²) in [4.78, 5) is 11.5. The van der Waals surface area contributed by atoms with E-state index in [-0.39, 0.29) is 12.5 Å². The third-order valence-corrected chi connectivity index (χ3v) is 5.72. The fourth-order valence-electron chi connectivity index (χ4n) is 3.33. The second-order valence-corrected chi connectivity index (χ2v) is 7.83. The number of ether oxygens (including phenoxy) is 1. The van der Waals surface area contributed by atoms with Gasteiger partial charge in [0.05, 0.1) is 6.10 Å². The maximum atomic E-state index is 11.5. The van der Waals surface area contributed by atoms with Crippen molar-refractivity contribution in [2.75, 3.05) is 0 Å². The van der Waals surface area contributed by atoms with Crippen LogP contribution in [0.3, 0.4) is 0 Å². The molecule has 5 heteroatoms. The third-order valence-electron chi connectivity index (χ3n) is 4.80. The number of carboxylic acids is 1. The molecule has 1 aromatic carbocycles. The number of aliphatic carboxylic acids is 1. The first-order valence-electron chi connectivity index (χ1n) is 7.84. The molecular weight excluding hydrogens is 323 g/mol. The Bertz CT molecular complexity index is 548. The largest absolute Gasteiger partial charge is 0.490 e. The molecule has 3 nitrogen and oxygen atoms in total. The molecule has 1 unspecified atom stereocenters. The Morgan fingerprint density at radius 2 is 1.64 bits per heavy atom. The molecule has 0 saturated heterocycles. The molecule has 2 aliphatic rings. The highest BCUT2D eigenvalue weighted by atomic mass is 35.5. The normalized spacial score (nSPS) is 27.9. The number of halogens is 2. The first-order valence-corrected chi connectivity index (χ1v) is 8.60. The SMILES string of the molecule is O=C(O)C1(c2ccc(OC3CCCCCC3)cc2)CC1(Cl)Cl. The molecule has 0 amide bonds. The number of carbonyl (C=O) groups is 1. The molecule has 2 saturated carbocycles. The predicted molar refractivity (Wildman–Crippen MR) is 86.9 cm³/mol. The topological polar surface area (TPSA) is 46.5 Å². The van der Waals surface area contributed by atoms with Crippen molar-refractivity contribution in [3.63, 3.8) is 0 Å². The standard InChI is InChI=1S/C17H20Cl2O3/c18-17(19)11-16(17,15(20)21)12-7-9-14(10-8-12)22-13-5-3-1-2-4-6-13/h7-10,13H,1-6,11H2,(H,20,21). The van der Waals surface area contributed by atoms with Crippen molar-refractivity contribution < 1.29 is 14.6 Å². The lowest BCUT2D eigenvalue weighted by atomic mass is 9.96. The molecule has 120 valence electrons. The second kappa shape index (κ2) is 5.93. The highest BCUT2D eigenvalue weighted by Crippen LogP contribution is 2.65. The zero-order valence-electron chi connectivity index (χ0n) is 12.4. The van der Waals surface area contributed by atoms with Gasteiger partial charge in [-0.1, -0.05) is 48.2 Å². The molecule has 0 radical (unpaired) electrons. The molecule has 0 aromatic heterocycles. The van der Waals surface area contributed by atoms with Gasteiger partial charge >= 0.3 is 5.97 Å². The molecule has 1 N–H and O–H groups in total. The van der Waals surface area contributed by atoms with Crippen molar-refractivity contribution in [1.82, 2.24) is 0 Å². The molecule has 2 aliphatic carbocycles. The summed E-state index contributed by atoms with van der Waals surface area (Å²) in [5.41, 5.74) is -0.546. The molecular formula is C17H20Cl2O3. The Hall–Kier alpha value is -0.930. The lowest BCUT2D eigenvalue weighted by molar-refractivity contribution is -0.140. The maximum Gasteiger partial charge on any atom is 0.317 e. The fourth-order valence-corrected chi connectivity index (χ4v) is 4.11. The Kier molecular flexibility index (Phi) is 4.30. The summed E-state index contributed by atoms with van der Waals surface area (Å²) in [7, 11) is 0. The van der Waals surface area contributed by atoms with Crippen molar-refractivity contribution >= 4 is 29.2 Å². The molecule has 3 rings (SSSR count). The van der Waals surface area contributed by atoms with Crippen molar-refractivity contribution in [3.8, 4) is 5.75 Å². The monoisotopic (exact) mass is 342 g/mol. The van der Waals surface area contributed by atoms with Gasteiger partial charge in [0.25, 0.3) is 0 Å². The molecule has 2 fully saturated rings. The van der Waals surface area contributed by atoms with Gasteiger partial charge in [-0.15, -0.1) is 0 Å². The van der Waals surface area contributed by atoms with Crippen LogP contribution in [0.5, 0.6) is 5.75 Å².